The summed E-state index contributed by atoms with van der Waals surface area (Å²) >= 11 is 0. The summed E-state index contributed by atoms with van der Waals surface area (Å²) in [6, 6.07) is 5.06. The van der Waals surface area contributed by atoms with Crippen molar-refractivity contribution in [2.45, 2.75) is 6.42 Å². The third-order valence-corrected chi connectivity index (χ3v) is 2.81. The van der Waals surface area contributed by atoms with E-state index in [4.69, 9.17) is 5.26 Å². The molecule has 0 radical (unpaired) electrons. The molecule has 1 aromatic rings. The molecule has 1 saturated heterocycles. The monoisotopic (exact) mass is 245 g/mol. The Morgan fingerprint density at radius 1 is 1.67 bits per heavy atom. The molecule has 18 heavy (non-hydrogen) atoms. The van der Waals surface area contributed by atoms with E-state index < -0.39 is 11.9 Å². The van der Waals surface area contributed by atoms with Crippen molar-refractivity contribution in [1.29, 1.82) is 5.26 Å². The van der Waals surface area contributed by atoms with Crippen LogP contribution >= 0.6 is 0 Å². The maximum Gasteiger partial charge on any atom is 0.311 e. The maximum absolute atomic E-state index is 11.8. The number of ether oxygens (including phenoxy) is 1. The van der Waals surface area contributed by atoms with Gasteiger partial charge in [0.15, 0.2) is 0 Å². The Morgan fingerprint density at radius 3 is 3.11 bits per heavy atom. The topological polar surface area (TPSA) is 83.3 Å². The van der Waals surface area contributed by atoms with Gasteiger partial charge in [-0.3, -0.25) is 14.5 Å². The molecule has 92 valence electrons. The second kappa shape index (κ2) is 4.84. The molecule has 1 aromatic heterocycles. The zero-order valence-electron chi connectivity index (χ0n) is 9.79. The van der Waals surface area contributed by atoms with Crippen molar-refractivity contribution >= 4 is 17.7 Å². The largest absolute Gasteiger partial charge is 0.469 e. The highest BCUT2D eigenvalue weighted by molar-refractivity contribution is 5.98. The Balaban J connectivity index is 2.22. The standard InChI is InChI=1S/C12H11N3O3/c1-18-12(17)9-5-11(16)15(7-9)10-4-8(6-13)2-3-14-10/h2-4,9H,5,7H2,1H3. The van der Waals surface area contributed by atoms with Crippen LogP contribution in [0.1, 0.15) is 12.0 Å². The summed E-state index contributed by atoms with van der Waals surface area (Å²) in [4.78, 5) is 28.6. The first-order valence-corrected chi connectivity index (χ1v) is 5.40. The van der Waals surface area contributed by atoms with E-state index in [9.17, 15) is 9.59 Å². The van der Waals surface area contributed by atoms with Crippen molar-refractivity contribution < 1.29 is 14.3 Å². The van der Waals surface area contributed by atoms with E-state index in [1.165, 1.54) is 24.3 Å². The molecule has 6 heteroatoms. The van der Waals surface area contributed by atoms with Crippen molar-refractivity contribution in [3.05, 3.63) is 23.9 Å². The lowest BCUT2D eigenvalue weighted by molar-refractivity contribution is -0.145. The number of carbonyl (C=O) groups is 2. The van der Waals surface area contributed by atoms with Gasteiger partial charge in [-0.15, -0.1) is 0 Å². The Bertz CT molecular complexity index is 536. The molecule has 1 aliphatic heterocycles. The van der Waals surface area contributed by atoms with Crippen LogP contribution in [0.15, 0.2) is 18.3 Å². The average Bonchev–Trinajstić information content (AvgIpc) is 2.80. The number of esters is 1. The number of methoxy groups -OCH3 is 1. The summed E-state index contributed by atoms with van der Waals surface area (Å²) in [7, 11) is 1.30. The van der Waals surface area contributed by atoms with E-state index >= 15 is 0 Å². The molecule has 1 fully saturated rings. The zero-order chi connectivity index (χ0) is 13.1. The Kier molecular flexibility index (Phi) is 3.24. The number of anilines is 1. The molecule has 0 N–H and O–H groups in total. The minimum Gasteiger partial charge on any atom is -0.469 e. The van der Waals surface area contributed by atoms with Gasteiger partial charge < -0.3 is 4.74 Å². The molecule has 0 aliphatic carbocycles. The molecule has 0 saturated carbocycles. The van der Waals surface area contributed by atoms with E-state index in [0.717, 1.165) is 0 Å². The summed E-state index contributed by atoms with van der Waals surface area (Å²) in [6.07, 6.45) is 1.58. The normalized spacial score (nSPS) is 18.6. The van der Waals surface area contributed by atoms with E-state index in [0.29, 0.717) is 11.4 Å². The number of hydrogen-bond acceptors (Lipinski definition) is 5. The molecular formula is C12H11N3O3. The molecule has 2 heterocycles. The quantitative estimate of drug-likeness (QED) is 0.707. The number of hydrogen-bond donors (Lipinski definition) is 0. The van der Waals surface area contributed by atoms with Crippen LogP contribution in [-0.4, -0.2) is 30.5 Å². The molecule has 1 aliphatic rings. The fourth-order valence-electron chi connectivity index (χ4n) is 1.89. The highest BCUT2D eigenvalue weighted by atomic mass is 16.5. The number of rotatable bonds is 2. The summed E-state index contributed by atoms with van der Waals surface area (Å²) in [5.74, 6) is -0.657. The first-order chi connectivity index (χ1) is 8.65. The lowest BCUT2D eigenvalue weighted by Gasteiger charge is -2.14. The second-order valence-corrected chi connectivity index (χ2v) is 3.94. The van der Waals surface area contributed by atoms with Gasteiger partial charge >= 0.3 is 5.97 Å². The molecule has 6 nitrogen and oxygen atoms in total. The summed E-state index contributed by atoms with van der Waals surface area (Å²) in [6.45, 7) is 0.243. The van der Waals surface area contributed by atoms with Crippen molar-refractivity contribution in [1.82, 2.24) is 4.98 Å². The lowest BCUT2D eigenvalue weighted by atomic mass is 10.1. The van der Waals surface area contributed by atoms with Crippen LogP contribution in [0.5, 0.6) is 0 Å². The van der Waals surface area contributed by atoms with Gasteiger partial charge in [0.05, 0.1) is 24.7 Å². The van der Waals surface area contributed by atoms with E-state index in [2.05, 4.69) is 9.72 Å². The minimum atomic E-state index is -0.463. The van der Waals surface area contributed by atoms with Crippen LogP contribution in [-0.2, 0) is 14.3 Å². The SMILES string of the molecule is COC(=O)C1CC(=O)N(c2cc(C#N)ccn2)C1. The zero-order valence-corrected chi connectivity index (χ0v) is 9.79. The molecule has 1 atom stereocenters. The van der Waals surface area contributed by atoms with Crippen LogP contribution in [0.3, 0.4) is 0 Å². The van der Waals surface area contributed by atoms with Gasteiger partial charge in [0, 0.05) is 19.2 Å². The number of nitrogens with zero attached hydrogens (tertiary/aromatic N) is 3. The lowest BCUT2D eigenvalue weighted by Crippen LogP contribution is -2.27. The number of pyridine rings is 1. The van der Waals surface area contributed by atoms with Gasteiger partial charge in [-0.25, -0.2) is 4.98 Å². The third-order valence-electron chi connectivity index (χ3n) is 2.81. The minimum absolute atomic E-state index is 0.116. The molecule has 1 unspecified atom stereocenters. The smallest absolute Gasteiger partial charge is 0.311 e. The average molecular weight is 245 g/mol. The van der Waals surface area contributed by atoms with Crippen molar-refractivity contribution in [2.24, 2.45) is 5.92 Å². The molecule has 0 spiro atoms. The van der Waals surface area contributed by atoms with Gasteiger partial charge in [0.1, 0.15) is 5.82 Å². The van der Waals surface area contributed by atoms with Crippen molar-refractivity contribution in [3.8, 4) is 6.07 Å². The predicted molar refractivity (Wildman–Crippen MR) is 61.4 cm³/mol. The highest BCUT2D eigenvalue weighted by Gasteiger charge is 2.36. The fourth-order valence-corrected chi connectivity index (χ4v) is 1.89. The molecule has 1 amide bonds. The van der Waals surface area contributed by atoms with Gasteiger partial charge in [-0.1, -0.05) is 0 Å². The molecular weight excluding hydrogens is 234 g/mol. The summed E-state index contributed by atoms with van der Waals surface area (Å²) < 4.78 is 4.62. The Hall–Kier alpha value is -2.42. The summed E-state index contributed by atoms with van der Waals surface area (Å²) in [5, 5.41) is 8.79. The predicted octanol–water partition coefficient (Wildman–Crippen LogP) is 0.479. The van der Waals surface area contributed by atoms with Crippen molar-refractivity contribution in [2.75, 3.05) is 18.6 Å². The van der Waals surface area contributed by atoms with Gasteiger partial charge in [-0.05, 0) is 12.1 Å². The second-order valence-electron chi connectivity index (χ2n) is 3.94. The van der Waals surface area contributed by atoms with Crippen LogP contribution in [0.25, 0.3) is 0 Å². The number of nitriles is 1. The van der Waals surface area contributed by atoms with Gasteiger partial charge in [0.2, 0.25) is 5.91 Å². The van der Waals surface area contributed by atoms with Crippen molar-refractivity contribution in [3.63, 3.8) is 0 Å². The molecule has 0 bridgehead atoms. The number of aromatic nitrogens is 1. The molecule has 0 aromatic carbocycles. The van der Waals surface area contributed by atoms with Crippen LogP contribution in [0, 0.1) is 17.2 Å². The van der Waals surface area contributed by atoms with E-state index in [1.807, 2.05) is 6.07 Å². The first-order valence-electron chi connectivity index (χ1n) is 5.40. The fraction of sp³-hybridized carbons (Fsp3) is 0.333. The Morgan fingerprint density at radius 2 is 2.44 bits per heavy atom. The summed E-state index contributed by atoms with van der Waals surface area (Å²) in [5.41, 5.74) is 0.425. The van der Waals surface area contributed by atoms with E-state index in [1.54, 1.807) is 6.07 Å². The Labute approximate surface area is 104 Å². The number of carbonyl (C=O) groups excluding carboxylic acids is 2. The van der Waals surface area contributed by atoms with Crippen LogP contribution in [0.4, 0.5) is 5.82 Å². The molecule has 2 rings (SSSR count). The van der Waals surface area contributed by atoms with Gasteiger partial charge in [-0.2, -0.15) is 5.26 Å². The van der Waals surface area contributed by atoms with Gasteiger partial charge in [0.25, 0.3) is 0 Å². The first kappa shape index (κ1) is 12.0. The maximum atomic E-state index is 11.8. The number of amides is 1. The van der Waals surface area contributed by atoms with E-state index in [-0.39, 0.29) is 18.9 Å². The third kappa shape index (κ3) is 2.15. The highest BCUT2D eigenvalue weighted by Crippen LogP contribution is 2.24. The van der Waals surface area contributed by atoms with Crippen LogP contribution in [0.2, 0.25) is 0 Å². The van der Waals surface area contributed by atoms with Crippen LogP contribution < -0.4 is 4.90 Å².